The fraction of sp³-hybridized carbons (Fsp3) is 0.611. The van der Waals surface area contributed by atoms with E-state index in [1.54, 1.807) is 17.0 Å². The van der Waals surface area contributed by atoms with Crippen molar-refractivity contribution in [2.75, 3.05) is 39.4 Å². The summed E-state index contributed by atoms with van der Waals surface area (Å²) in [6.07, 6.45) is -0.0773. The summed E-state index contributed by atoms with van der Waals surface area (Å²) in [5.41, 5.74) is 1.20. The molecule has 2 fully saturated rings. The number of morpholine rings is 2. The van der Waals surface area contributed by atoms with Crippen LogP contribution in [0.25, 0.3) is 0 Å². The molecule has 2 aliphatic rings. The van der Waals surface area contributed by atoms with Crippen molar-refractivity contribution in [1.82, 2.24) is 9.21 Å². The van der Waals surface area contributed by atoms with E-state index in [1.807, 2.05) is 20.8 Å². The average molecular weight is 382 g/mol. The van der Waals surface area contributed by atoms with Crippen LogP contribution in [-0.2, 0) is 19.5 Å². The van der Waals surface area contributed by atoms with Gasteiger partial charge in [0.2, 0.25) is 10.0 Å². The molecule has 2 saturated heterocycles. The molecule has 8 heteroatoms. The van der Waals surface area contributed by atoms with Crippen LogP contribution in [0.3, 0.4) is 0 Å². The Morgan fingerprint density at radius 3 is 2.35 bits per heavy atom. The van der Waals surface area contributed by atoms with Crippen molar-refractivity contribution in [3.63, 3.8) is 0 Å². The van der Waals surface area contributed by atoms with E-state index in [4.69, 9.17) is 9.47 Å². The lowest BCUT2D eigenvalue weighted by atomic mass is 10.1. The van der Waals surface area contributed by atoms with Crippen LogP contribution in [0.4, 0.5) is 0 Å². The number of nitrogens with zero attached hydrogens (tertiary/aromatic N) is 2. The topological polar surface area (TPSA) is 76.2 Å². The maximum atomic E-state index is 13.0. The molecule has 2 atom stereocenters. The molecule has 0 spiro atoms. The smallest absolute Gasteiger partial charge is 0.254 e. The van der Waals surface area contributed by atoms with Crippen LogP contribution < -0.4 is 0 Å². The largest absolute Gasteiger partial charge is 0.379 e. The van der Waals surface area contributed by atoms with Gasteiger partial charge >= 0.3 is 0 Å². The lowest BCUT2D eigenvalue weighted by Gasteiger charge is -2.35. The van der Waals surface area contributed by atoms with Crippen LogP contribution in [-0.4, -0.2) is 75.1 Å². The van der Waals surface area contributed by atoms with E-state index < -0.39 is 10.0 Å². The molecule has 0 radical (unpaired) electrons. The Kier molecular flexibility index (Phi) is 5.67. The Morgan fingerprint density at radius 2 is 1.73 bits per heavy atom. The minimum atomic E-state index is -3.63. The summed E-state index contributed by atoms with van der Waals surface area (Å²) in [6.45, 7) is 8.14. The monoisotopic (exact) mass is 382 g/mol. The van der Waals surface area contributed by atoms with Gasteiger partial charge in [-0.1, -0.05) is 6.07 Å². The zero-order valence-corrected chi connectivity index (χ0v) is 16.3. The summed E-state index contributed by atoms with van der Waals surface area (Å²) < 4.78 is 38.1. The van der Waals surface area contributed by atoms with Crippen LogP contribution in [0.2, 0.25) is 0 Å². The molecule has 3 rings (SSSR count). The van der Waals surface area contributed by atoms with E-state index >= 15 is 0 Å². The lowest BCUT2D eigenvalue weighted by Crippen LogP contribution is -2.48. The Bertz CT molecular complexity index is 764. The van der Waals surface area contributed by atoms with Crippen molar-refractivity contribution in [2.45, 2.75) is 37.9 Å². The highest BCUT2D eigenvalue weighted by molar-refractivity contribution is 7.89. The van der Waals surface area contributed by atoms with E-state index in [-0.39, 0.29) is 23.0 Å². The number of carbonyl (C=O) groups excluding carboxylic acids is 1. The number of rotatable bonds is 3. The van der Waals surface area contributed by atoms with Crippen LogP contribution in [0.1, 0.15) is 29.8 Å². The normalized spacial score (nSPS) is 25.3. The van der Waals surface area contributed by atoms with Gasteiger partial charge in [0.15, 0.2) is 0 Å². The third-order valence-corrected chi connectivity index (χ3v) is 6.65. The third-order valence-electron chi connectivity index (χ3n) is 4.75. The fourth-order valence-corrected chi connectivity index (χ4v) is 4.88. The van der Waals surface area contributed by atoms with Crippen molar-refractivity contribution in [3.8, 4) is 0 Å². The summed E-state index contributed by atoms with van der Waals surface area (Å²) in [5.74, 6) is -0.150. The van der Waals surface area contributed by atoms with Gasteiger partial charge in [0.1, 0.15) is 0 Å². The number of ether oxygens (including phenoxy) is 2. The average Bonchev–Trinajstić information content (AvgIpc) is 2.61. The first kappa shape index (κ1) is 19.3. The van der Waals surface area contributed by atoms with Crippen molar-refractivity contribution in [3.05, 3.63) is 29.3 Å². The molecular weight excluding hydrogens is 356 g/mol. The van der Waals surface area contributed by atoms with E-state index in [9.17, 15) is 13.2 Å². The maximum Gasteiger partial charge on any atom is 0.254 e. The molecule has 0 N–H and O–H groups in total. The van der Waals surface area contributed by atoms with Gasteiger partial charge in [-0.3, -0.25) is 4.79 Å². The van der Waals surface area contributed by atoms with Crippen LogP contribution in [0.15, 0.2) is 23.1 Å². The minimum absolute atomic E-state index is 0.0386. The number of hydrogen-bond donors (Lipinski definition) is 0. The summed E-state index contributed by atoms with van der Waals surface area (Å²) in [5, 5.41) is 0. The zero-order valence-electron chi connectivity index (χ0n) is 15.5. The predicted octanol–water partition coefficient (Wildman–Crippen LogP) is 1.27. The van der Waals surface area contributed by atoms with E-state index in [0.717, 1.165) is 5.56 Å². The standard InChI is InChI=1S/C18H26N2O5S/c1-13-4-5-16(26(22,23)20-6-8-24-9-7-20)10-17(13)18(21)19-11-14(2)25-15(3)12-19/h4-5,10,14-15H,6-9,11-12H2,1-3H3/t14-,15+. The highest BCUT2D eigenvalue weighted by Gasteiger charge is 2.30. The van der Waals surface area contributed by atoms with Gasteiger partial charge in [-0.05, 0) is 38.5 Å². The Hall–Kier alpha value is -1.48. The number of benzene rings is 1. The van der Waals surface area contributed by atoms with Crippen LogP contribution in [0.5, 0.6) is 0 Å². The Balaban J connectivity index is 1.89. The molecule has 1 amide bonds. The first-order valence-electron chi connectivity index (χ1n) is 8.92. The van der Waals surface area contributed by atoms with E-state index in [0.29, 0.717) is 45.0 Å². The SMILES string of the molecule is Cc1ccc(S(=O)(=O)N2CCOCC2)cc1C(=O)N1C[C@@H](C)O[C@@H](C)C1. The predicted molar refractivity (Wildman–Crippen MR) is 96.7 cm³/mol. The molecule has 7 nitrogen and oxygen atoms in total. The second-order valence-corrected chi connectivity index (χ2v) is 8.90. The molecule has 1 aromatic rings. The summed E-state index contributed by atoms with van der Waals surface area (Å²) in [6, 6.07) is 4.78. The fourth-order valence-electron chi connectivity index (χ4n) is 3.44. The van der Waals surface area contributed by atoms with Gasteiger partial charge in [-0.25, -0.2) is 8.42 Å². The van der Waals surface area contributed by atoms with Crippen molar-refractivity contribution >= 4 is 15.9 Å². The lowest BCUT2D eigenvalue weighted by molar-refractivity contribution is -0.0586. The van der Waals surface area contributed by atoms with E-state index in [2.05, 4.69) is 0 Å². The molecule has 0 aliphatic carbocycles. The van der Waals surface area contributed by atoms with Crippen molar-refractivity contribution < 1.29 is 22.7 Å². The molecule has 144 valence electrons. The van der Waals surface area contributed by atoms with Gasteiger partial charge in [0, 0.05) is 31.7 Å². The van der Waals surface area contributed by atoms with E-state index in [1.165, 1.54) is 10.4 Å². The second-order valence-electron chi connectivity index (χ2n) is 6.96. The molecule has 0 bridgehead atoms. The quantitative estimate of drug-likeness (QED) is 0.787. The number of carbonyl (C=O) groups is 1. The molecule has 1 aromatic carbocycles. The third kappa shape index (κ3) is 3.93. The summed E-state index contributed by atoms with van der Waals surface area (Å²) >= 11 is 0. The number of amides is 1. The first-order chi connectivity index (χ1) is 12.3. The first-order valence-corrected chi connectivity index (χ1v) is 10.4. The van der Waals surface area contributed by atoms with Gasteiger partial charge in [0.05, 0.1) is 30.3 Å². The summed E-state index contributed by atoms with van der Waals surface area (Å²) in [7, 11) is -3.63. The van der Waals surface area contributed by atoms with Crippen LogP contribution >= 0.6 is 0 Å². The van der Waals surface area contributed by atoms with Gasteiger partial charge in [0.25, 0.3) is 5.91 Å². The molecule has 2 aliphatic heterocycles. The number of sulfonamides is 1. The van der Waals surface area contributed by atoms with Crippen molar-refractivity contribution in [1.29, 1.82) is 0 Å². The summed E-state index contributed by atoms with van der Waals surface area (Å²) in [4.78, 5) is 14.9. The zero-order chi connectivity index (χ0) is 18.9. The van der Waals surface area contributed by atoms with Crippen molar-refractivity contribution in [2.24, 2.45) is 0 Å². The Morgan fingerprint density at radius 1 is 1.12 bits per heavy atom. The molecule has 26 heavy (non-hydrogen) atoms. The van der Waals surface area contributed by atoms with Gasteiger partial charge in [-0.15, -0.1) is 0 Å². The molecule has 0 aromatic heterocycles. The molecule has 2 heterocycles. The Labute approximate surface area is 154 Å². The molecule has 0 unspecified atom stereocenters. The van der Waals surface area contributed by atoms with Gasteiger partial charge in [-0.2, -0.15) is 4.31 Å². The highest BCUT2D eigenvalue weighted by atomic mass is 32.2. The number of hydrogen-bond acceptors (Lipinski definition) is 5. The maximum absolute atomic E-state index is 13.0. The minimum Gasteiger partial charge on any atom is -0.379 e. The van der Waals surface area contributed by atoms with Crippen LogP contribution in [0, 0.1) is 6.92 Å². The highest BCUT2D eigenvalue weighted by Crippen LogP contribution is 2.23. The molecular formula is C18H26N2O5S. The number of aryl methyl sites for hydroxylation is 1. The second kappa shape index (κ2) is 7.64. The van der Waals surface area contributed by atoms with Gasteiger partial charge < -0.3 is 14.4 Å². The molecule has 0 saturated carbocycles.